The molecule has 1 aliphatic heterocycles. The maximum atomic E-state index is 8.77. The Morgan fingerprint density at radius 3 is 2.58 bits per heavy atom. The summed E-state index contributed by atoms with van der Waals surface area (Å²) in [4.78, 5) is 9.97. The summed E-state index contributed by atoms with van der Waals surface area (Å²) in [6.45, 7) is 4.07. The standard InChI is InChI=1S/C16H15ClN6S/c17-13-3-1-12(2-4-13)14-11-23-15(19-14)24-16(20-23)22-9-7-21(6-5-18)8-10-22/h1-4,11H,6-10H2. The van der Waals surface area contributed by atoms with Crippen LogP contribution in [0.5, 0.6) is 0 Å². The number of benzene rings is 1. The van der Waals surface area contributed by atoms with E-state index in [9.17, 15) is 0 Å². The summed E-state index contributed by atoms with van der Waals surface area (Å²) in [5.74, 6) is 0. The molecule has 2 aromatic heterocycles. The summed E-state index contributed by atoms with van der Waals surface area (Å²) < 4.78 is 1.84. The molecule has 3 heterocycles. The topological polar surface area (TPSA) is 60.5 Å². The van der Waals surface area contributed by atoms with Crippen molar-refractivity contribution in [2.45, 2.75) is 0 Å². The third kappa shape index (κ3) is 2.96. The van der Waals surface area contributed by atoms with Crippen molar-refractivity contribution in [2.75, 3.05) is 37.6 Å². The van der Waals surface area contributed by atoms with Gasteiger partial charge in [-0.3, -0.25) is 4.90 Å². The molecule has 1 aliphatic rings. The molecule has 0 amide bonds. The molecule has 4 rings (SSSR count). The van der Waals surface area contributed by atoms with E-state index in [0.717, 1.165) is 52.6 Å². The molecule has 122 valence electrons. The van der Waals surface area contributed by atoms with Crippen LogP contribution in [-0.2, 0) is 0 Å². The van der Waals surface area contributed by atoms with Crippen molar-refractivity contribution in [3.63, 3.8) is 0 Å². The van der Waals surface area contributed by atoms with Gasteiger partial charge in [-0.05, 0) is 12.1 Å². The van der Waals surface area contributed by atoms with Crippen LogP contribution < -0.4 is 4.90 Å². The Morgan fingerprint density at radius 2 is 1.92 bits per heavy atom. The summed E-state index contributed by atoms with van der Waals surface area (Å²) in [7, 11) is 0. The second-order valence-electron chi connectivity index (χ2n) is 5.67. The van der Waals surface area contributed by atoms with Crippen molar-refractivity contribution in [2.24, 2.45) is 0 Å². The van der Waals surface area contributed by atoms with Crippen LogP contribution in [0, 0.1) is 11.3 Å². The lowest BCUT2D eigenvalue weighted by Crippen LogP contribution is -2.46. The summed E-state index contributed by atoms with van der Waals surface area (Å²) >= 11 is 7.53. The quantitative estimate of drug-likeness (QED) is 0.674. The van der Waals surface area contributed by atoms with Gasteiger partial charge in [-0.2, -0.15) is 5.26 Å². The molecule has 6 nitrogen and oxygen atoms in total. The lowest BCUT2D eigenvalue weighted by molar-refractivity contribution is 0.287. The fraction of sp³-hybridized carbons (Fsp3) is 0.312. The van der Waals surface area contributed by atoms with Gasteiger partial charge >= 0.3 is 0 Å². The van der Waals surface area contributed by atoms with Gasteiger partial charge < -0.3 is 4.90 Å². The first-order chi connectivity index (χ1) is 11.7. The Labute approximate surface area is 148 Å². The minimum Gasteiger partial charge on any atom is -0.344 e. The lowest BCUT2D eigenvalue weighted by atomic mass is 10.2. The number of aromatic nitrogens is 3. The van der Waals surface area contributed by atoms with Crippen molar-refractivity contribution in [3.05, 3.63) is 35.5 Å². The molecule has 0 aliphatic carbocycles. The number of halogens is 1. The van der Waals surface area contributed by atoms with E-state index in [-0.39, 0.29) is 0 Å². The highest BCUT2D eigenvalue weighted by molar-refractivity contribution is 7.20. The monoisotopic (exact) mass is 358 g/mol. The van der Waals surface area contributed by atoms with Crippen LogP contribution in [0.3, 0.4) is 0 Å². The van der Waals surface area contributed by atoms with Gasteiger partial charge in [0, 0.05) is 36.8 Å². The van der Waals surface area contributed by atoms with Gasteiger partial charge in [0.15, 0.2) is 0 Å². The minimum absolute atomic E-state index is 0.499. The summed E-state index contributed by atoms with van der Waals surface area (Å²) in [6, 6.07) is 9.86. The number of nitriles is 1. The van der Waals surface area contributed by atoms with Crippen LogP contribution in [0.25, 0.3) is 16.2 Å². The molecule has 8 heteroatoms. The summed E-state index contributed by atoms with van der Waals surface area (Å²) in [5, 5.41) is 15.1. The highest BCUT2D eigenvalue weighted by Gasteiger charge is 2.20. The van der Waals surface area contributed by atoms with Gasteiger partial charge in [0.25, 0.3) is 0 Å². The molecular formula is C16H15ClN6S. The van der Waals surface area contributed by atoms with Crippen molar-refractivity contribution in [1.82, 2.24) is 19.5 Å². The Morgan fingerprint density at radius 1 is 1.17 bits per heavy atom. The number of rotatable bonds is 3. The molecule has 0 saturated carbocycles. The number of nitrogens with zero attached hydrogens (tertiary/aromatic N) is 6. The summed E-state index contributed by atoms with van der Waals surface area (Å²) in [5.41, 5.74) is 1.93. The van der Waals surface area contributed by atoms with Crippen molar-refractivity contribution in [3.8, 4) is 17.3 Å². The van der Waals surface area contributed by atoms with Gasteiger partial charge in [0.05, 0.1) is 24.5 Å². The second-order valence-corrected chi connectivity index (χ2v) is 7.04. The average molecular weight is 359 g/mol. The summed E-state index contributed by atoms with van der Waals surface area (Å²) in [6.07, 6.45) is 1.95. The molecule has 0 N–H and O–H groups in total. The number of hydrogen-bond acceptors (Lipinski definition) is 6. The van der Waals surface area contributed by atoms with Gasteiger partial charge in [0.1, 0.15) is 0 Å². The number of anilines is 1. The lowest BCUT2D eigenvalue weighted by Gasteiger charge is -2.32. The zero-order chi connectivity index (χ0) is 16.5. The van der Waals surface area contributed by atoms with Crippen LogP contribution in [0.1, 0.15) is 0 Å². The number of imidazole rings is 1. The third-order valence-corrected chi connectivity index (χ3v) is 5.34. The SMILES string of the molecule is N#CCN1CCN(c2nn3cc(-c4ccc(Cl)cc4)nc3s2)CC1. The molecule has 0 spiro atoms. The minimum atomic E-state index is 0.499. The first-order valence-corrected chi connectivity index (χ1v) is 8.89. The number of piperazine rings is 1. The largest absolute Gasteiger partial charge is 0.344 e. The van der Waals surface area contributed by atoms with Gasteiger partial charge in [-0.25, -0.2) is 9.50 Å². The highest BCUT2D eigenvalue weighted by atomic mass is 35.5. The maximum Gasteiger partial charge on any atom is 0.214 e. The molecule has 1 saturated heterocycles. The van der Waals surface area contributed by atoms with Crippen LogP contribution in [0.2, 0.25) is 5.02 Å². The molecule has 0 radical (unpaired) electrons. The van der Waals surface area contributed by atoms with Crippen molar-refractivity contribution < 1.29 is 0 Å². The molecule has 3 aromatic rings. The van der Waals surface area contributed by atoms with E-state index in [0.29, 0.717) is 6.54 Å². The fourth-order valence-corrected chi connectivity index (χ4v) is 3.84. The normalized spacial score (nSPS) is 15.8. The van der Waals surface area contributed by atoms with E-state index in [2.05, 4.69) is 26.0 Å². The van der Waals surface area contributed by atoms with Crippen molar-refractivity contribution in [1.29, 1.82) is 5.26 Å². The van der Waals surface area contributed by atoms with Gasteiger partial charge in [-0.1, -0.05) is 35.1 Å². The molecule has 24 heavy (non-hydrogen) atoms. The van der Waals surface area contributed by atoms with E-state index >= 15 is 0 Å². The van der Waals surface area contributed by atoms with E-state index in [4.69, 9.17) is 16.9 Å². The fourth-order valence-electron chi connectivity index (χ4n) is 2.77. The predicted octanol–water partition coefficient (Wildman–Crippen LogP) is 2.76. The highest BCUT2D eigenvalue weighted by Crippen LogP contribution is 2.27. The first-order valence-electron chi connectivity index (χ1n) is 7.69. The zero-order valence-electron chi connectivity index (χ0n) is 12.9. The molecule has 1 aromatic carbocycles. The van der Waals surface area contributed by atoms with E-state index < -0.39 is 0 Å². The maximum absolute atomic E-state index is 8.77. The van der Waals surface area contributed by atoms with E-state index in [1.54, 1.807) is 11.3 Å². The van der Waals surface area contributed by atoms with Crippen LogP contribution in [0.4, 0.5) is 5.13 Å². The molecule has 0 unspecified atom stereocenters. The van der Waals surface area contributed by atoms with E-state index in [1.807, 2.05) is 35.0 Å². The van der Waals surface area contributed by atoms with Crippen molar-refractivity contribution >= 4 is 33.0 Å². The average Bonchev–Trinajstić information content (AvgIpc) is 3.15. The predicted molar refractivity (Wildman–Crippen MR) is 95.6 cm³/mol. The Kier molecular flexibility index (Phi) is 4.10. The van der Waals surface area contributed by atoms with E-state index in [1.165, 1.54) is 0 Å². The number of fused-ring (bicyclic) bond motifs is 1. The molecule has 0 bridgehead atoms. The molecule has 1 fully saturated rings. The zero-order valence-corrected chi connectivity index (χ0v) is 14.5. The molecule has 0 atom stereocenters. The van der Waals surface area contributed by atoms with Crippen LogP contribution >= 0.6 is 22.9 Å². The first kappa shape index (κ1) is 15.4. The molecular weight excluding hydrogens is 344 g/mol. The second kappa shape index (κ2) is 6.40. The van der Waals surface area contributed by atoms with Gasteiger partial charge in [0.2, 0.25) is 10.1 Å². The van der Waals surface area contributed by atoms with Crippen LogP contribution in [0.15, 0.2) is 30.5 Å². The Balaban J connectivity index is 1.52. The smallest absolute Gasteiger partial charge is 0.214 e. The Hall–Kier alpha value is -2.14. The van der Waals surface area contributed by atoms with Crippen LogP contribution in [-0.4, -0.2) is 52.2 Å². The Bertz CT molecular complexity index is 854. The third-order valence-electron chi connectivity index (χ3n) is 4.11. The van der Waals surface area contributed by atoms with Gasteiger partial charge in [-0.15, -0.1) is 5.10 Å². The number of hydrogen-bond donors (Lipinski definition) is 0.